The van der Waals surface area contributed by atoms with Crippen LogP contribution in [0.15, 0.2) is 50.9 Å². The molecule has 1 aromatic carbocycles. The third kappa shape index (κ3) is 3.76. The van der Waals surface area contributed by atoms with Crippen molar-refractivity contribution >= 4 is 33.7 Å². The zero-order chi connectivity index (χ0) is 15.6. The lowest BCUT2D eigenvalue weighted by molar-refractivity contribution is -0.137. The summed E-state index contributed by atoms with van der Waals surface area (Å²) in [5, 5.41) is 9.56. The molecule has 3 nitrogen and oxygen atoms in total. The summed E-state index contributed by atoms with van der Waals surface area (Å²) in [5.74, 6) is -1.42. The molecule has 110 valence electrons. The van der Waals surface area contributed by atoms with Crippen molar-refractivity contribution in [1.82, 2.24) is 4.98 Å². The number of benzene rings is 1. The van der Waals surface area contributed by atoms with E-state index in [1.807, 2.05) is 0 Å². The lowest BCUT2D eigenvalue weighted by atomic mass is 10.1. The average Bonchev–Trinajstić information content (AvgIpc) is 2.40. The van der Waals surface area contributed by atoms with Crippen molar-refractivity contribution in [3.8, 4) is 0 Å². The third-order valence-corrected chi connectivity index (χ3v) is 4.47. The van der Waals surface area contributed by atoms with Gasteiger partial charge in [-0.2, -0.15) is 13.2 Å². The van der Waals surface area contributed by atoms with Crippen molar-refractivity contribution in [2.45, 2.75) is 16.1 Å². The van der Waals surface area contributed by atoms with E-state index in [1.165, 1.54) is 6.20 Å². The van der Waals surface area contributed by atoms with Crippen LogP contribution < -0.4 is 0 Å². The smallest absolute Gasteiger partial charge is 0.416 e. The fourth-order valence-corrected chi connectivity index (χ4v) is 2.89. The van der Waals surface area contributed by atoms with E-state index >= 15 is 0 Å². The first-order valence-electron chi connectivity index (χ1n) is 5.52. The lowest BCUT2D eigenvalue weighted by Gasteiger charge is -2.11. The molecule has 0 fully saturated rings. The molecule has 0 amide bonds. The standard InChI is InChI=1S/C13H7BrF3NO2S/c14-9-2-1-5-18-11(9)21-10-4-3-7(13(15,16)17)6-8(10)12(19)20/h1-6H,(H,19,20). The Morgan fingerprint density at radius 3 is 2.57 bits per heavy atom. The molecule has 1 N–H and O–H groups in total. The Hall–Kier alpha value is -1.54. The number of aromatic carboxylic acids is 1. The summed E-state index contributed by atoms with van der Waals surface area (Å²) in [6, 6.07) is 6.00. The van der Waals surface area contributed by atoms with Crippen molar-refractivity contribution in [3.63, 3.8) is 0 Å². The summed E-state index contributed by atoms with van der Waals surface area (Å²) in [4.78, 5) is 15.4. The van der Waals surface area contributed by atoms with E-state index in [0.29, 0.717) is 15.6 Å². The van der Waals surface area contributed by atoms with Crippen molar-refractivity contribution in [1.29, 1.82) is 0 Å². The number of aromatic nitrogens is 1. The highest BCUT2D eigenvalue weighted by molar-refractivity contribution is 9.10. The van der Waals surface area contributed by atoms with Crippen LogP contribution in [-0.2, 0) is 6.18 Å². The molecule has 0 aliphatic carbocycles. The van der Waals surface area contributed by atoms with Crippen molar-refractivity contribution in [3.05, 3.63) is 52.1 Å². The van der Waals surface area contributed by atoms with E-state index in [4.69, 9.17) is 5.11 Å². The van der Waals surface area contributed by atoms with Crippen molar-refractivity contribution < 1.29 is 23.1 Å². The van der Waals surface area contributed by atoms with Crippen LogP contribution in [0, 0.1) is 0 Å². The molecule has 0 bridgehead atoms. The highest BCUT2D eigenvalue weighted by atomic mass is 79.9. The molecule has 0 radical (unpaired) electrons. The van der Waals surface area contributed by atoms with Gasteiger partial charge < -0.3 is 5.11 Å². The largest absolute Gasteiger partial charge is 0.478 e. The Morgan fingerprint density at radius 2 is 2.00 bits per heavy atom. The van der Waals surface area contributed by atoms with E-state index in [1.54, 1.807) is 12.1 Å². The number of halogens is 4. The second-order valence-corrected chi connectivity index (χ2v) is 5.79. The van der Waals surface area contributed by atoms with Crippen LogP contribution >= 0.6 is 27.7 Å². The summed E-state index contributed by atoms with van der Waals surface area (Å²) in [6.45, 7) is 0. The molecule has 1 heterocycles. The van der Waals surface area contributed by atoms with Gasteiger partial charge in [0.2, 0.25) is 0 Å². The molecule has 0 aliphatic heterocycles. The van der Waals surface area contributed by atoms with Crippen LogP contribution in [-0.4, -0.2) is 16.1 Å². The number of alkyl halides is 3. The number of hydrogen-bond donors (Lipinski definition) is 1. The Kier molecular flexibility index (Phi) is 4.58. The normalized spacial score (nSPS) is 11.4. The third-order valence-electron chi connectivity index (χ3n) is 2.47. The maximum Gasteiger partial charge on any atom is 0.416 e. The van der Waals surface area contributed by atoms with Gasteiger partial charge in [0.1, 0.15) is 5.03 Å². The number of carboxylic acid groups (broad SMARTS) is 1. The van der Waals surface area contributed by atoms with Crippen LogP contribution in [0.1, 0.15) is 15.9 Å². The van der Waals surface area contributed by atoms with Gasteiger partial charge in [0, 0.05) is 11.1 Å². The molecule has 0 saturated heterocycles. The highest BCUT2D eigenvalue weighted by Crippen LogP contribution is 2.37. The molecule has 1 aromatic heterocycles. The Labute approximate surface area is 130 Å². The molecule has 0 spiro atoms. The first kappa shape index (κ1) is 15.8. The fraction of sp³-hybridized carbons (Fsp3) is 0.0769. The second-order valence-electron chi connectivity index (χ2n) is 3.91. The molecular weight excluding hydrogens is 371 g/mol. The lowest BCUT2D eigenvalue weighted by Crippen LogP contribution is -2.08. The molecule has 0 aliphatic rings. The topological polar surface area (TPSA) is 50.2 Å². The maximum absolute atomic E-state index is 12.6. The number of pyridine rings is 1. The molecule has 0 atom stereocenters. The minimum atomic E-state index is -4.58. The molecule has 2 aromatic rings. The minimum Gasteiger partial charge on any atom is -0.478 e. The summed E-state index contributed by atoms with van der Waals surface area (Å²) in [6.07, 6.45) is -3.07. The van der Waals surface area contributed by atoms with Gasteiger partial charge in [-0.1, -0.05) is 11.8 Å². The summed E-state index contributed by atoms with van der Waals surface area (Å²) in [5.41, 5.74) is -1.41. The molecule has 0 saturated carbocycles. The first-order chi connectivity index (χ1) is 9.79. The van der Waals surface area contributed by atoms with Crippen LogP contribution in [0.3, 0.4) is 0 Å². The van der Waals surface area contributed by atoms with Gasteiger partial charge in [0.05, 0.1) is 15.6 Å². The van der Waals surface area contributed by atoms with Crippen LogP contribution in [0.25, 0.3) is 0 Å². The summed E-state index contributed by atoms with van der Waals surface area (Å²) < 4.78 is 38.5. The Bertz CT molecular complexity index is 691. The zero-order valence-corrected chi connectivity index (χ0v) is 12.6. The van der Waals surface area contributed by atoms with Crippen molar-refractivity contribution in [2.24, 2.45) is 0 Å². The second kappa shape index (κ2) is 6.07. The summed E-state index contributed by atoms with van der Waals surface area (Å²) in [7, 11) is 0. The average molecular weight is 378 g/mol. The number of nitrogens with zero attached hydrogens (tertiary/aromatic N) is 1. The summed E-state index contributed by atoms with van der Waals surface area (Å²) >= 11 is 4.23. The Balaban J connectivity index is 2.45. The Morgan fingerprint density at radius 1 is 1.29 bits per heavy atom. The van der Waals surface area contributed by atoms with E-state index in [-0.39, 0.29) is 4.90 Å². The number of carboxylic acids is 1. The van der Waals surface area contributed by atoms with Gasteiger partial charge in [0.25, 0.3) is 0 Å². The van der Waals surface area contributed by atoms with Gasteiger partial charge in [-0.3, -0.25) is 0 Å². The predicted molar refractivity (Wildman–Crippen MR) is 74.5 cm³/mol. The van der Waals surface area contributed by atoms with Crippen LogP contribution in [0.5, 0.6) is 0 Å². The minimum absolute atomic E-state index is 0.190. The van der Waals surface area contributed by atoms with E-state index in [9.17, 15) is 18.0 Å². The van der Waals surface area contributed by atoms with E-state index in [0.717, 1.165) is 23.9 Å². The first-order valence-corrected chi connectivity index (χ1v) is 7.13. The van der Waals surface area contributed by atoms with Gasteiger partial charge in [0.15, 0.2) is 0 Å². The molecule has 8 heteroatoms. The SMILES string of the molecule is O=C(O)c1cc(C(F)(F)F)ccc1Sc1ncccc1Br. The van der Waals surface area contributed by atoms with Crippen LogP contribution in [0.4, 0.5) is 13.2 Å². The molecule has 2 rings (SSSR count). The van der Waals surface area contributed by atoms with Gasteiger partial charge in [-0.15, -0.1) is 0 Å². The zero-order valence-electron chi connectivity index (χ0n) is 10.2. The molecular formula is C13H7BrF3NO2S. The van der Waals surface area contributed by atoms with Gasteiger partial charge in [-0.25, -0.2) is 9.78 Å². The number of hydrogen-bond acceptors (Lipinski definition) is 3. The van der Waals surface area contributed by atoms with Gasteiger partial charge >= 0.3 is 12.1 Å². The fourth-order valence-electron chi connectivity index (χ4n) is 1.51. The quantitative estimate of drug-likeness (QED) is 0.841. The predicted octanol–water partition coefficient (Wildman–Crippen LogP) is 4.71. The number of carbonyl (C=O) groups is 1. The van der Waals surface area contributed by atoms with Crippen molar-refractivity contribution in [2.75, 3.05) is 0 Å². The number of rotatable bonds is 3. The van der Waals surface area contributed by atoms with Gasteiger partial charge in [-0.05, 0) is 46.3 Å². The maximum atomic E-state index is 12.6. The van der Waals surface area contributed by atoms with Crippen LogP contribution in [0.2, 0.25) is 0 Å². The molecule has 0 unspecified atom stereocenters. The van der Waals surface area contributed by atoms with E-state index < -0.39 is 23.3 Å². The monoisotopic (exact) mass is 377 g/mol. The van der Waals surface area contributed by atoms with E-state index in [2.05, 4.69) is 20.9 Å². The molecule has 21 heavy (non-hydrogen) atoms. The highest BCUT2D eigenvalue weighted by Gasteiger charge is 2.32.